The molecule has 1 N–H and O–H groups in total. The number of anilines is 2. The molecule has 0 spiro atoms. The van der Waals surface area contributed by atoms with Crippen molar-refractivity contribution >= 4 is 38.6 Å². The second-order valence-electron chi connectivity index (χ2n) is 6.97. The van der Waals surface area contributed by atoms with E-state index in [0.717, 1.165) is 35.2 Å². The van der Waals surface area contributed by atoms with Crippen LogP contribution in [0.15, 0.2) is 54.9 Å². The number of benzene rings is 2. The zero-order chi connectivity index (χ0) is 20.2. The third-order valence-electron chi connectivity index (χ3n) is 5.05. The highest BCUT2D eigenvalue weighted by Gasteiger charge is 2.20. The van der Waals surface area contributed by atoms with Crippen molar-refractivity contribution in [1.29, 1.82) is 0 Å². The van der Waals surface area contributed by atoms with E-state index < -0.39 is 15.7 Å². The van der Waals surface area contributed by atoms with Gasteiger partial charge in [0.15, 0.2) is 0 Å². The van der Waals surface area contributed by atoms with Crippen molar-refractivity contribution in [2.24, 2.45) is 0 Å². The molecule has 1 aliphatic heterocycles. The highest BCUT2D eigenvalue weighted by molar-refractivity contribution is 7.84. The zero-order valence-corrected chi connectivity index (χ0v) is 16.6. The number of ether oxygens (including phenoxy) is 1. The number of nitrogens with one attached hydrogen (secondary N) is 1. The highest BCUT2D eigenvalue weighted by Crippen LogP contribution is 2.32. The molecule has 29 heavy (non-hydrogen) atoms. The summed E-state index contributed by atoms with van der Waals surface area (Å²) in [6.07, 6.45) is 4.80. The first kappa shape index (κ1) is 19.5. The molecule has 150 valence electrons. The Balaban J connectivity index is 1.56. The first-order chi connectivity index (χ1) is 14.1. The van der Waals surface area contributed by atoms with Crippen LogP contribution < -0.4 is 5.32 Å². The quantitative estimate of drug-likeness (QED) is 0.480. The molecular weight excluding hydrogens is 390 g/mol. The van der Waals surface area contributed by atoms with E-state index in [4.69, 9.17) is 4.74 Å². The summed E-state index contributed by atoms with van der Waals surface area (Å²) < 4.78 is 18.0. The lowest BCUT2D eigenvalue weighted by Gasteiger charge is -2.21. The van der Waals surface area contributed by atoms with Crippen LogP contribution in [0.1, 0.15) is 18.4 Å². The van der Waals surface area contributed by atoms with Gasteiger partial charge in [-0.3, -0.25) is 19.3 Å². The lowest BCUT2D eigenvalue weighted by atomic mass is 10.1. The van der Waals surface area contributed by atoms with E-state index in [1.807, 2.05) is 24.3 Å². The molecule has 1 aromatic heterocycles. The van der Waals surface area contributed by atoms with Crippen LogP contribution in [-0.4, -0.2) is 32.6 Å². The fourth-order valence-electron chi connectivity index (χ4n) is 3.56. The summed E-state index contributed by atoms with van der Waals surface area (Å²) in [4.78, 5) is 14.9. The normalized spacial score (nSPS) is 15.9. The summed E-state index contributed by atoms with van der Waals surface area (Å²) in [7, 11) is -0.934. The Bertz CT molecular complexity index is 1070. The lowest BCUT2D eigenvalue weighted by Crippen LogP contribution is -2.25. The van der Waals surface area contributed by atoms with Crippen LogP contribution in [0, 0.1) is 10.1 Å². The molecule has 3 aromatic rings. The summed E-state index contributed by atoms with van der Waals surface area (Å²) in [5.41, 5.74) is 2.63. The number of hydrogen-bond donors (Lipinski definition) is 1. The number of aromatic nitrogens is 1. The van der Waals surface area contributed by atoms with Crippen molar-refractivity contribution in [3.8, 4) is 0 Å². The molecule has 0 bridgehead atoms. The van der Waals surface area contributed by atoms with E-state index in [1.54, 1.807) is 18.3 Å². The van der Waals surface area contributed by atoms with Gasteiger partial charge in [-0.25, -0.2) is 0 Å². The first-order valence-corrected chi connectivity index (χ1v) is 10.8. The maximum atomic E-state index is 12.7. The van der Waals surface area contributed by atoms with Gasteiger partial charge < -0.3 is 10.1 Å². The number of fused-ring (bicyclic) bond motifs is 1. The average molecular weight is 411 g/mol. The Morgan fingerprint density at radius 3 is 2.79 bits per heavy atom. The zero-order valence-electron chi connectivity index (χ0n) is 15.7. The monoisotopic (exact) mass is 411 g/mol. The molecule has 1 saturated heterocycles. The summed E-state index contributed by atoms with van der Waals surface area (Å²) >= 11 is 0. The standard InChI is InChI=1S/C21H21N3O4S/c25-24(26)21-5-4-20(18-6-9-22-13-19(18)21)23-16-3-1-2-15(12-16)14-29(27)17-7-10-28-11-8-17/h1-6,9,12-13,17,23H,7-8,10-11,14H2. The molecule has 0 amide bonds. The van der Waals surface area contributed by atoms with Gasteiger partial charge in [-0.1, -0.05) is 12.1 Å². The van der Waals surface area contributed by atoms with Crippen LogP contribution >= 0.6 is 0 Å². The minimum Gasteiger partial charge on any atom is -0.381 e. The van der Waals surface area contributed by atoms with E-state index in [2.05, 4.69) is 10.3 Å². The summed E-state index contributed by atoms with van der Waals surface area (Å²) in [6.45, 7) is 1.36. The van der Waals surface area contributed by atoms with Crippen molar-refractivity contribution in [2.75, 3.05) is 18.5 Å². The van der Waals surface area contributed by atoms with Gasteiger partial charge in [0.25, 0.3) is 5.69 Å². The number of rotatable bonds is 6. The van der Waals surface area contributed by atoms with E-state index in [-0.39, 0.29) is 10.9 Å². The number of nitro groups is 1. The third-order valence-corrected chi connectivity index (χ3v) is 6.88. The predicted octanol–water partition coefficient (Wildman–Crippen LogP) is 4.31. The van der Waals surface area contributed by atoms with Gasteiger partial charge >= 0.3 is 0 Å². The molecular formula is C21H21N3O4S. The van der Waals surface area contributed by atoms with Gasteiger partial charge in [-0.15, -0.1) is 0 Å². The Morgan fingerprint density at radius 2 is 2.00 bits per heavy atom. The van der Waals surface area contributed by atoms with Gasteiger partial charge in [0.2, 0.25) is 0 Å². The molecule has 2 heterocycles. The molecule has 0 aliphatic carbocycles. The minimum absolute atomic E-state index is 0.0271. The molecule has 0 radical (unpaired) electrons. The van der Waals surface area contributed by atoms with E-state index in [1.165, 1.54) is 12.3 Å². The maximum Gasteiger partial charge on any atom is 0.278 e. The molecule has 4 rings (SSSR count). The van der Waals surface area contributed by atoms with Crippen LogP contribution in [-0.2, 0) is 21.3 Å². The van der Waals surface area contributed by atoms with Crippen LogP contribution in [0.2, 0.25) is 0 Å². The van der Waals surface area contributed by atoms with Crippen molar-refractivity contribution in [3.05, 3.63) is 70.5 Å². The van der Waals surface area contributed by atoms with Gasteiger partial charge in [0.1, 0.15) is 0 Å². The first-order valence-electron chi connectivity index (χ1n) is 9.44. The number of non-ortho nitro benzene ring substituents is 1. The summed E-state index contributed by atoms with van der Waals surface area (Å²) in [5.74, 6) is 0.505. The number of nitro benzene ring substituents is 1. The molecule has 8 heteroatoms. The minimum atomic E-state index is -0.934. The van der Waals surface area contributed by atoms with Crippen molar-refractivity contribution in [2.45, 2.75) is 23.8 Å². The van der Waals surface area contributed by atoms with E-state index >= 15 is 0 Å². The smallest absolute Gasteiger partial charge is 0.278 e. The lowest BCUT2D eigenvalue weighted by molar-refractivity contribution is -0.383. The predicted molar refractivity (Wildman–Crippen MR) is 114 cm³/mol. The second-order valence-corrected chi connectivity index (χ2v) is 8.69. The van der Waals surface area contributed by atoms with Crippen LogP contribution in [0.4, 0.5) is 17.1 Å². The average Bonchev–Trinajstić information content (AvgIpc) is 2.74. The molecule has 1 fully saturated rings. The molecule has 1 aliphatic rings. The Kier molecular flexibility index (Phi) is 5.82. The van der Waals surface area contributed by atoms with E-state index in [0.29, 0.717) is 24.4 Å². The Hall–Kier alpha value is -2.84. The second kappa shape index (κ2) is 8.67. The molecule has 0 saturated carbocycles. The van der Waals surface area contributed by atoms with Crippen molar-refractivity contribution < 1.29 is 13.9 Å². The van der Waals surface area contributed by atoms with E-state index in [9.17, 15) is 14.3 Å². The highest BCUT2D eigenvalue weighted by atomic mass is 32.2. The molecule has 1 atom stereocenters. The third kappa shape index (κ3) is 4.44. The fraction of sp³-hybridized carbons (Fsp3) is 0.286. The summed E-state index contributed by atoms with van der Waals surface area (Å²) in [6, 6.07) is 12.7. The summed E-state index contributed by atoms with van der Waals surface area (Å²) in [5, 5.41) is 16.0. The molecule has 7 nitrogen and oxygen atoms in total. The SMILES string of the molecule is O=[N+]([O-])c1ccc(Nc2cccc(CS(=O)C3CCOCC3)c2)c2ccncc12. The van der Waals surface area contributed by atoms with Crippen LogP contribution in [0.5, 0.6) is 0 Å². The van der Waals surface area contributed by atoms with Crippen LogP contribution in [0.3, 0.4) is 0 Å². The van der Waals surface area contributed by atoms with Crippen LogP contribution in [0.25, 0.3) is 10.8 Å². The van der Waals surface area contributed by atoms with Gasteiger partial charge in [0, 0.05) is 70.2 Å². The van der Waals surface area contributed by atoms with Crippen molar-refractivity contribution in [3.63, 3.8) is 0 Å². The largest absolute Gasteiger partial charge is 0.381 e. The van der Waals surface area contributed by atoms with Gasteiger partial charge in [-0.2, -0.15) is 0 Å². The maximum absolute atomic E-state index is 12.7. The molecule has 1 unspecified atom stereocenters. The van der Waals surface area contributed by atoms with Gasteiger partial charge in [-0.05, 0) is 42.7 Å². The Morgan fingerprint density at radius 1 is 1.17 bits per heavy atom. The number of hydrogen-bond acceptors (Lipinski definition) is 6. The fourth-order valence-corrected chi connectivity index (χ4v) is 5.02. The van der Waals surface area contributed by atoms with Crippen molar-refractivity contribution in [1.82, 2.24) is 4.98 Å². The molecule has 2 aromatic carbocycles. The van der Waals surface area contributed by atoms with Gasteiger partial charge in [0.05, 0.1) is 10.3 Å². The number of pyridine rings is 1. The topological polar surface area (TPSA) is 94.4 Å². The Labute approximate surface area is 170 Å². The number of nitrogens with zero attached hydrogens (tertiary/aromatic N) is 2.